The zero-order valence-corrected chi connectivity index (χ0v) is 8.45. The summed E-state index contributed by atoms with van der Waals surface area (Å²) in [4.78, 5) is 3.40. The summed E-state index contributed by atoms with van der Waals surface area (Å²) in [6.45, 7) is 0. The number of nitrogen functional groups attached to an aromatic ring is 1. The van der Waals surface area contributed by atoms with Crippen molar-refractivity contribution in [3.63, 3.8) is 0 Å². The predicted octanol–water partition coefficient (Wildman–Crippen LogP) is 2.87. The first kappa shape index (κ1) is 11.3. The molecule has 6 heteroatoms. The summed E-state index contributed by atoms with van der Waals surface area (Å²) in [5.74, 6) is -2.89. The first-order valence-electron chi connectivity index (χ1n) is 4.60. The lowest BCUT2D eigenvalue weighted by Crippen LogP contribution is -1.95. The maximum absolute atomic E-state index is 13.2. The zero-order chi connectivity index (χ0) is 12.4. The Morgan fingerprint density at radius 2 is 1.82 bits per heavy atom. The molecule has 0 unspecified atom stereocenters. The van der Waals surface area contributed by atoms with Crippen molar-refractivity contribution in [2.24, 2.45) is 0 Å². The number of ether oxygens (including phenoxy) is 1. The second-order valence-corrected chi connectivity index (χ2v) is 3.23. The molecule has 0 saturated heterocycles. The van der Waals surface area contributed by atoms with Gasteiger partial charge in [0, 0.05) is 12.1 Å². The van der Waals surface area contributed by atoms with Crippen molar-refractivity contribution in [1.82, 2.24) is 4.98 Å². The van der Waals surface area contributed by atoms with E-state index in [1.807, 2.05) is 0 Å². The van der Waals surface area contributed by atoms with Gasteiger partial charge in [-0.2, -0.15) is 0 Å². The second kappa shape index (κ2) is 4.32. The van der Waals surface area contributed by atoms with Crippen LogP contribution in [0.5, 0.6) is 11.6 Å². The number of pyridine rings is 1. The van der Waals surface area contributed by atoms with Gasteiger partial charge in [-0.05, 0) is 12.1 Å². The van der Waals surface area contributed by atoms with E-state index in [4.69, 9.17) is 10.5 Å². The van der Waals surface area contributed by atoms with Crippen molar-refractivity contribution in [1.29, 1.82) is 0 Å². The summed E-state index contributed by atoms with van der Waals surface area (Å²) in [5.41, 5.74) is 5.21. The van der Waals surface area contributed by atoms with Crippen molar-refractivity contribution < 1.29 is 17.9 Å². The number of rotatable bonds is 2. The molecule has 0 aliphatic heterocycles. The third-order valence-corrected chi connectivity index (χ3v) is 1.96. The van der Waals surface area contributed by atoms with Crippen molar-refractivity contribution in [3.05, 3.63) is 47.9 Å². The average molecular weight is 240 g/mol. The van der Waals surface area contributed by atoms with Gasteiger partial charge in [-0.1, -0.05) is 0 Å². The van der Waals surface area contributed by atoms with Crippen LogP contribution < -0.4 is 10.5 Å². The lowest BCUT2D eigenvalue weighted by Gasteiger charge is -2.06. The molecule has 0 bridgehead atoms. The highest BCUT2D eigenvalue weighted by Gasteiger charge is 2.09. The van der Waals surface area contributed by atoms with Crippen molar-refractivity contribution in [3.8, 4) is 11.6 Å². The Kier molecular flexibility index (Phi) is 2.86. The van der Waals surface area contributed by atoms with Crippen LogP contribution >= 0.6 is 0 Å². The summed E-state index contributed by atoms with van der Waals surface area (Å²) in [7, 11) is 0. The monoisotopic (exact) mass is 240 g/mol. The Labute approximate surface area is 94.7 Å². The summed E-state index contributed by atoms with van der Waals surface area (Å²) in [6.07, 6.45) is 0.798. The van der Waals surface area contributed by atoms with Gasteiger partial charge in [0.1, 0.15) is 17.4 Å². The molecule has 2 N–H and O–H groups in total. The van der Waals surface area contributed by atoms with Crippen molar-refractivity contribution >= 4 is 5.69 Å². The van der Waals surface area contributed by atoms with E-state index in [9.17, 15) is 13.2 Å². The van der Waals surface area contributed by atoms with E-state index in [2.05, 4.69) is 4.98 Å². The van der Waals surface area contributed by atoms with E-state index >= 15 is 0 Å². The summed E-state index contributed by atoms with van der Waals surface area (Å²) in [5, 5.41) is 0. The predicted molar refractivity (Wildman–Crippen MR) is 55.0 cm³/mol. The smallest absolute Gasteiger partial charge is 0.256 e. The van der Waals surface area contributed by atoms with Crippen molar-refractivity contribution in [2.45, 2.75) is 0 Å². The highest BCUT2D eigenvalue weighted by molar-refractivity contribution is 5.44. The van der Waals surface area contributed by atoms with Gasteiger partial charge < -0.3 is 10.5 Å². The van der Waals surface area contributed by atoms with E-state index in [-0.39, 0.29) is 11.4 Å². The molecule has 1 aromatic carbocycles. The molecule has 0 saturated carbocycles. The molecule has 0 fully saturated rings. The molecule has 1 heterocycles. The molecule has 1 aromatic heterocycles. The number of anilines is 1. The van der Waals surface area contributed by atoms with Gasteiger partial charge >= 0.3 is 0 Å². The minimum Gasteiger partial charge on any atom is -0.436 e. The van der Waals surface area contributed by atoms with Gasteiger partial charge in [-0.3, -0.25) is 0 Å². The van der Waals surface area contributed by atoms with Gasteiger partial charge in [0.25, 0.3) is 5.88 Å². The van der Waals surface area contributed by atoms with Gasteiger partial charge in [0.15, 0.2) is 5.82 Å². The summed E-state index contributed by atoms with van der Waals surface area (Å²) >= 11 is 0. The number of aromatic nitrogens is 1. The molecular formula is C11H7F3N2O. The first-order chi connectivity index (χ1) is 8.06. The highest BCUT2D eigenvalue weighted by Crippen LogP contribution is 2.24. The lowest BCUT2D eigenvalue weighted by molar-refractivity contribution is 0.414. The molecule has 0 radical (unpaired) electrons. The van der Waals surface area contributed by atoms with Gasteiger partial charge in [-0.15, -0.1) is 0 Å². The quantitative estimate of drug-likeness (QED) is 0.821. The molecule has 0 spiro atoms. The molecule has 3 nitrogen and oxygen atoms in total. The number of hydrogen-bond acceptors (Lipinski definition) is 3. The van der Waals surface area contributed by atoms with Crippen LogP contribution in [-0.2, 0) is 0 Å². The SMILES string of the molecule is Nc1ccc(Oc2ncc(F)cc2F)cc1F. The fraction of sp³-hybridized carbons (Fsp3) is 0. The Balaban J connectivity index is 2.28. The number of halogens is 3. The average Bonchev–Trinajstić information content (AvgIpc) is 2.27. The largest absolute Gasteiger partial charge is 0.436 e. The fourth-order valence-electron chi connectivity index (χ4n) is 1.16. The second-order valence-electron chi connectivity index (χ2n) is 3.23. The van der Waals surface area contributed by atoms with Crippen LogP contribution in [0.3, 0.4) is 0 Å². The van der Waals surface area contributed by atoms with Crippen LogP contribution in [0.2, 0.25) is 0 Å². The van der Waals surface area contributed by atoms with E-state index in [1.165, 1.54) is 12.1 Å². The highest BCUT2D eigenvalue weighted by atomic mass is 19.1. The molecule has 0 amide bonds. The van der Waals surface area contributed by atoms with E-state index in [0.717, 1.165) is 12.3 Å². The Hall–Kier alpha value is -2.24. The topological polar surface area (TPSA) is 48.1 Å². The number of nitrogens with two attached hydrogens (primary N) is 1. The van der Waals surface area contributed by atoms with Gasteiger partial charge in [-0.25, -0.2) is 18.2 Å². The third kappa shape index (κ3) is 2.47. The van der Waals surface area contributed by atoms with E-state index in [0.29, 0.717) is 6.07 Å². The molecule has 2 aromatic rings. The minimum atomic E-state index is -0.970. The first-order valence-corrected chi connectivity index (χ1v) is 4.60. The molecule has 2 rings (SSSR count). The molecular weight excluding hydrogens is 233 g/mol. The maximum atomic E-state index is 13.2. The summed E-state index contributed by atoms with van der Waals surface area (Å²) < 4.78 is 43.8. The van der Waals surface area contributed by atoms with E-state index < -0.39 is 23.3 Å². The molecule has 88 valence electrons. The normalized spacial score (nSPS) is 10.3. The van der Waals surface area contributed by atoms with Gasteiger partial charge in [0.2, 0.25) is 0 Å². The van der Waals surface area contributed by atoms with Gasteiger partial charge in [0.05, 0.1) is 11.9 Å². The Morgan fingerprint density at radius 1 is 1.06 bits per heavy atom. The molecule has 0 aliphatic carbocycles. The standard InChI is InChI=1S/C11H7F3N2O/c12-6-3-9(14)11(16-5-6)17-7-1-2-10(15)8(13)4-7/h1-5H,15H2. The number of nitrogens with zero attached hydrogens (tertiary/aromatic N) is 1. The van der Waals surface area contributed by atoms with Crippen LogP contribution in [0.25, 0.3) is 0 Å². The van der Waals surface area contributed by atoms with Crippen LogP contribution in [0, 0.1) is 17.5 Å². The summed E-state index contributed by atoms with van der Waals surface area (Å²) in [6, 6.07) is 4.23. The van der Waals surface area contributed by atoms with Crippen molar-refractivity contribution in [2.75, 3.05) is 5.73 Å². The Morgan fingerprint density at radius 3 is 2.47 bits per heavy atom. The maximum Gasteiger partial charge on any atom is 0.256 e. The fourth-order valence-corrected chi connectivity index (χ4v) is 1.16. The number of benzene rings is 1. The van der Waals surface area contributed by atoms with Crippen LogP contribution in [0.15, 0.2) is 30.5 Å². The third-order valence-electron chi connectivity index (χ3n) is 1.96. The van der Waals surface area contributed by atoms with Crippen LogP contribution in [-0.4, -0.2) is 4.98 Å². The molecule has 0 aliphatic rings. The minimum absolute atomic E-state index is 0.0229. The lowest BCUT2D eigenvalue weighted by atomic mass is 10.3. The number of hydrogen-bond donors (Lipinski definition) is 1. The molecule has 0 atom stereocenters. The van der Waals surface area contributed by atoms with Crippen LogP contribution in [0.1, 0.15) is 0 Å². The van der Waals surface area contributed by atoms with E-state index in [1.54, 1.807) is 0 Å². The Bertz CT molecular complexity index is 560. The molecule has 17 heavy (non-hydrogen) atoms. The zero-order valence-electron chi connectivity index (χ0n) is 8.45. The van der Waals surface area contributed by atoms with Crippen LogP contribution in [0.4, 0.5) is 18.9 Å².